The van der Waals surface area contributed by atoms with Crippen LogP contribution >= 0.6 is 11.6 Å². The molecule has 0 aliphatic carbocycles. The van der Waals surface area contributed by atoms with Gasteiger partial charge >= 0.3 is 0 Å². The van der Waals surface area contributed by atoms with Crippen molar-refractivity contribution in [1.82, 2.24) is 14.4 Å². The zero-order valence-corrected chi connectivity index (χ0v) is 14.4. The highest BCUT2D eigenvalue weighted by Crippen LogP contribution is 2.32. The quantitative estimate of drug-likeness (QED) is 0.526. The zero-order valence-electron chi connectivity index (χ0n) is 13.7. The number of methoxy groups -OCH3 is 1. The number of aromatic nitrogens is 3. The van der Waals surface area contributed by atoms with Crippen molar-refractivity contribution in [2.45, 2.75) is 13.8 Å². The fourth-order valence-electron chi connectivity index (χ4n) is 3.15. The van der Waals surface area contributed by atoms with Gasteiger partial charge in [0.1, 0.15) is 11.6 Å². The average molecular weight is 338 g/mol. The standard InChI is InChI=1S/C19H16ClN3O/c1-11-18-12(2)22-19(14-6-4-5-7-15(14)20)23(18)17-9-8-13(24-3)10-16(17)21-11/h4-10H,1-3H3. The molecule has 2 aromatic carbocycles. The third-order valence-electron chi connectivity index (χ3n) is 4.22. The van der Waals surface area contributed by atoms with Crippen LogP contribution in [0.25, 0.3) is 27.9 Å². The zero-order chi connectivity index (χ0) is 16.8. The Morgan fingerprint density at radius 1 is 1.00 bits per heavy atom. The summed E-state index contributed by atoms with van der Waals surface area (Å²) in [6, 6.07) is 13.6. The SMILES string of the molecule is COc1ccc2c(c1)nc(C)c1c(C)nc(-c3ccccc3Cl)n12. The Morgan fingerprint density at radius 2 is 1.75 bits per heavy atom. The monoisotopic (exact) mass is 337 g/mol. The molecule has 0 atom stereocenters. The first-order valence-electron chi connectivity index (χ1n) is 7.68. The predicted molar refractivity (Wildman–Crippen MR) is 97.0 cm³/mol. The van der Waals surface area contributed by atoms with E-state index in [4.69, 9.17) is 26.3 Å². The number of aryl methyl sites for hydroxylation is 2. The number of fused-ring (bicyclic) bond motifs is 3. The van der Waals surface area contributed by atoms with E-state index in [-0.39, 0.29) is 0 Å². The third-order valence-corrected chi connectivity index (χ3v) is 4.55. The predicted octanol–water partition coefficient (Wildman–Crippen LogP) is 4.83. The van der Waals surface area contributed by atoms with Crippen molar-refractivity contribution in [3.05, 3.63) is 58.9 Å². The summed E-state index contributed by atoms with van der Waals surface area (Å²) < 4.78 is 7.46. The highest BCUT2D eigenvalue weighted by Gasteiger charge is 2.17. The van der Waals surface area contributed by atoms with Crippen LogP contribution in [0.5, 0.6) is 5.75 Å². The highest BCUT2D eigenvalue weighted by atomic mass is 35.5. The molecule has 0 aliphatic heterocycles. The smallest absolute Gasteiger partial charge is 0.146 e. The second-order valence-electron chi connectivity index (χ2n) is 5.74. The van der Waals surface area contributed by atoms with E-state index in [1.165, 1.54) is 0 Å². The first kappa shape index (κ1) is 15.0. The molecule has 4 nitrogen and oxygen atoms in total. The van der Waals surface area contributed by atoms with Crippen LogP contribution in [0.3, 0.4) is 0 Å². The molecule has 0 radical (unpaired) electrons. The number of benzene rings is 2. The second-order valence-corrected chi connectivity index (χ2v) is 6.14. The molecule has 2 aromatic heterocycles. The van der Waals surface area contributed by atoms with Crippen LogP contribution in [0.1, 0.15) is 11.4 Å². The van der Waals surface area contributed by atoms with Gasteiger partial charge in [-0.2, -0.15) is 0 Å². The molecule has 0 fully saturated rings. The van der Waals surface area contributed by atoms with Crippen molar-refractivity contribution in [3.63, 3.8) is 0 Å². The Bertz CT molecular complexity index is 1090. The maximum absolute atomic E-state index is 6.42. The minimum atomic E-state index is 0.681. The van der Waals surface area contributed by atoms with Gasteiger partial charge in [0.15, 0.2) is 0 Å². The number of rotatable bonds is 2. The maximum Gasteiger partial charge on any atom is 0.146 e. The van der Waals surface area contributed by atoms with Crippen molar-refractivity contribution in [2.24, 2.45) is 0 Å². The van der Waals surface area contributed by atoms with Crippen LogP contribution in [0, 0.1) is 13.8 Å². The minimum absolute atomic E-state index is 0.681. The molecule has 0 bridgehead atoms. The fraction of sp³-hybridized carbons (Fsp3) is 0.158. The van der Waals surface area contributed by atoms with Crippen LogP contribution in [0.15, 0.2) is 42.5 Å². The molecule has 0 saturated heterocycles. The summed E-state index contributed by atoms with van der Waals surface area (Å²) in [5, 5.41) is 0.681. The maximum atomic E-state index is 6.42. The lowest BCUT2D eigenvalue weighted by molar-refractivity contribution is 0.415. The second kappa shape index (κ2) is 5.49. The van der Waals surface area contributed by atoms with Gasteiger partial charge in [-0.1, -0.05) is 23.7 Å². The van der Waals surface area contributed by atoms with Gasteiger partial charge in [-0.25, -0.2) is 9.97 Å². The molecule has 0 unspecified atom stereocenters. The summed E-state index contributed by atoms with van der Waals surface area (Å²) >= 11 is 6.42. The minimum Gasteiger partial charge on any atom is -0.497 e. The molecular weight excluding hydrogens is 322 g/mol. The third kappa shape index (κ3) is 2.14. The van der Waals surface area contributed by atoms with Gasteiger partial charge < -0.3 is 4.74 Å². The van der Waals surface area contributed by atoms with Crippen molar-refractivity contribution in [2.75, 3.05) is 7.11 Å². The van der Waals surface area contributed by atoms with Gasteiger partial charge in [0.2, 0.25) is 0 Å². The molecule has 5 heteroatoms. The Labute approximate surface area is 144 Å². The summed E-state index contributed by atoms with van der Waals surface area (Å²) in [4.78, 5) is 9.51. The first-order valence-corrected chi connectivity index (χ1v) is 8.06. The van der Waals surface area contributed by atoms with E-state index in [1.54, 1.807) is 7.11 Å². The molecule has 24 heavy (non-hydrogen) atoms. The van der Waals surface area contributed by atoms with E-state index < -0.39 is 0 Å². The molecule has 0 amide bonds. The Kier molecular flexibility index (Phi) is 3.43. The van der Waals surface area contributed by atoms with E-state index >= 15 is 0 Å². The number of hydrogen-bond acceptors (Lipinski definition) is 3. The molecule has 2 heterocycles. The largest absolute Gasteiger partial charge is 0.497 e. The van der Waals surface area contributed by atoms with Crippen LogP contribution in [-0.2, 0) is 0 Å². The van der Waals surface area contributed by atoms with Crippen molar-refractivity contribution in [3.8, 4) is 17.1 Å². The van der Waals surface area contributed by atoms with Gasteiger partial charge in [0.05, 0.1) is 40.1 Å². The van der Waals surface area contributed by atoms with Crippen LogP contribution in [0.4, 0.5) is 0 Å². The molecule has 0 spiro atoms. The molecule has 0 aliphatic rings. The molecule has 0 N–H and O–H groups in total. The Hall–Kier alpha value is -2.59. The van der Waals surface area contributed by atoms with E-state index in [1.807, 2.05) is 56.3 Å². The van der Waals surface area contributed by atoms with Gasteiger partial charge in [-0.05, 0) is 38.1 Å². The van der Waals surface area contributed by atoms with Gasteiger partial charge in [-0.15, -0.1) is 0 Å². The number of hydrogen-bond donors (Lipinski definition) is 0. The molecule has 120 valence electrons. The number of imidazole rings is 1. The Balaban J connectivity index is 2.18. The first-order chi connectivity index (χ1) is 11.6. The van der Waals surface area contributed by atoms with Gasteiger partial charge in [-0.3, -0.25) is 4.40 Å². The molecule has 4 rings (SSSR count). The summed E-state index contributed by atoms with van der Waals surface area (Å²) in [6.45, 7) is 4.00. The normalized spacial score (nSPS) is 11.3. The average Bonchev–Trinajstić information content (AvgIpc) is 2.93. The lowest BCUT2D eigenvalue weighted by Gasteiger charge is -2.10. The van der Waals surface area contributed by atoms with Crippen molar-refractivity contribution < 1.29 is 4.74 Å². The van der Waals surface area contributed by atoms with E-state index in [9.17, 15) is 0 Å². The van der Waals surface area contributed by atoms with Gasteiger partial charge in [0.25, 0.3) is 0 Å². The lowest BCUT2D eigenvalue weighted by atomic mass is 10.2. The summed E-state index contributed by atoms with van der Waals surface area (Å²) in [7, 11) is 1.66. The summed E-state index contributed by atoms with van der Waals surface area (Å²) in [6.07, 6.45) is 0. The molecule has 4 aromatic rings. The van der Waals surface area contributed by atoms with Crippen molar-refractivity contribution >= 4 is 28.2 Å². The van der Waals surface area contributed by atoms with E-state index in [2.05, 4.69) is 4.40 Å². The molecule has 0 saturated carbocycles. The summed E-state index contributed by atoms with van der Waals surface area (Å²) in [5.41, 5.74) is 5.64. The van der Waals surface area contributed by atoms with Crippen LogP contribution < -0.4 is 4.74 Å². The Morgan fingerprint density at radius 3 is 2.50 bits per heavy atom. The van der Waals surface area contributed by atoms with Gasteiger partial charge in [0, 0.05) is 11.6 Å². The van der Waals surface area contributed by atoms with E-state index in [0.29, 0.717) is 5.02 Å². The van der Waals surface area contributed by atoms with E-state index in [0.717, 1.165) is 45.1 Å². The fourth-order valence-corrected chi connectivity index (χ4v) is 3.37. The van der Waals surface area contributed by atoms with Crippen LogP contribution in [0.2, 0.25) is 5.02 Å². The topological polar surface area (TPSA) is 39.4 Å². The number of nitrogens with zero attached hydrogens (tertiary/aromatic N) is 3. The number of ether oxygens (including phenoxy) is 1. The highest BCUT2D eigenvalue weighted by molar-refractivity contribution is 6.33. The molecular formula is C19H16ClN3O. The number of halogens is 1. The van der Waals surface area contributed by atoms with Crippen LogP contribution in [-0.4, -0.2) is 21.5 Å². The van der Waals surface area contributed by atoms with Crippen molar-refractivity contribution in [1.29, 1.82) is 0 Å². The lowest BCUT2D eigenvalue weighted by Crippen LogP contribution is -1.98. The summed E-state index contributed by atoms with van der Waals surface area (Å²) in [5.74, 6) is 1.61.